The van der Waals surface area contributed by atoms with Gasteiger partial charge in [0.05, 0.1) is 10.9 Å². The Hall–Kier alpha value is -2.70. The highest BCUT2D eigenvalue weighted by Crippen LogP contribution is 2.33. The molecule has 7 nitrogen and oxygen atoms in total. The predicted molar refractivity (Wildman–Crippen MR) is 78.8 cm³/mol. The van der Waals surface area contributed by atoms with Gasteiger partial charge in [0.25, 0.3) is 0 Å². The summed E-state index contributed by atoms with van der Waals surface area (Å²) >= 11 is 0. The van der Waals surface area contributed by atoms with E-state index in [9.17, 15) is 4.79 Å². The van der Waals surface area contributed by atoms with Crippen molar-refractivity contribution in [2.75, 3.05) is 11.4 Å². The third kappa shape index (κ3) is 1.74. The Morgan fingerprint density at radius 1 is 1.38 bits per heavy atom. The molecule has 106 valence electrons. The van der Waals surface area contributed by atoms with E-state index in [2.05, 4.69) is 20.2 Å². The number of carbonyl (C=O) groups is 1. The largest absolute Gasteiger partial charge is 0.368 e. The number of hydrogen-bond donors (Lipinski definition) is 2. The number of hydrogen-bond acceptors (Lipinski definition) is 5. The molecule has 0 saturated carbocycles. The number of nitrogens with one attached hydrogen (secondary N) is 1. The van der Waals surface area contributed by atoms with Crippen LogP contribution in [0.15, 0.2) is 24.5 Å². The summed E-state index contributed by atoms with van der Waals surface area (Å²) in [6, 6.07) is 3.48. The maximum atomic E-state index is 11.7. The van der Waals surface area contributed by atoms with Crippen LogP contribution in [-0.4, -0.2) is 38.7 Å². The lowest BCUT2D eigenvalue weighted by Gasteiger charge is -2.24. The molecule has 1 aliphatic heterocycles. The van der Waals surface area contributed by atoms with Gasteiger partial charge in [0, 0.05) is 24.3 Å². The molecule has 1 aliphatic rings. The Balaban J connectivity index is 2.00. The van der Waals surface area contributed by atoms with E-state index < -0.39 is 0 Å². The predicted octanol–water partition coefficient (Wildman–Crippen LogP) is 0.960. The van der Waals surface area contributed by atoms with Crippen LogP contribution in [0.2, 0.25) is 0 Å². The van der Waals surface area contributed by atoms with E-state index >= 15 is 0 Å². The standard InChI is InChI=1S/C14H14N6O/c15-12(21)10-2-1-7-20(10)14-11-8-3-5-16-13(8)19-18-9(11)4-6-17-14/h3-6,10H,1-2,7H2,(H2,15,21)(H,16,19). The van der Waals surface area contributed by atoms with Crippen LogP contribution < -0.4 is 10.6 Å². The Labute approximate surface area is 120 Å². The number of amides is 1. The number of aromatic amines is 1. The number of pyridine rings is 1. The average molecular weight is 282 g/mol. The lowest BCUT2D eigenvalue weighted by molar-refractivity contribution is -0.119. The fraction of sp³-hybridized carbons (Fsp3) is 0.286. The molecule has 3 aromatic heterocycles. The van der Waals surface area contributed by atoms with E-state index in [1.165, 1.54) is 0 Å². The molecule has 1 atom stereocenters. The van der Waals surface area contributed by atoms with Gasteiger partial charge >= 0.3 is 0 Å². The van der Waals surface area contributed by atoms with Gasteiger partial charge < -0.3 is 15.6 Å². The number of H-pyrrole nitrogens is 1. The molecule has 21 heavy (non-hydrogen) atoms. The SMILES string of the molecule is NC(=O)C1CCCN1c1nccc2nnc3[nH]ccc3c12. The smallest absolute Gasteiger partial charge is 0.240 e. The van der Waals surface area contributed by atoms with Crippen molar-refractivity contribution in [1.29, 1.82) is 0 Å². The van der Waals surface area contributed by atoms with Crippen molar-refractivity contribution in [1.82, 2.24) is 20.2 Å². The summed E-state index contributed by atoms with van der Waals surface area (Å²) < 4.78 is 0. The first-order valence-corrected chi connectivity index (χ1v) is 6.90. The molecule has 7 heteroatoms. The Bertz CT molecular complexity index is 842. The zero-order valence-corrected chi connectivity index (χ0v) is 11.3. The van der Waals surface area contributed by atoms with Crippen LogP contribution in [0.5, 0.6) is 0 Å². The normalized spacial score (nSPS) is 18.7. The fourth-order valence-corrected chi connectivity index (χ4v) is 3.07. The van der Waals surface area contributed by atoms with E-state index in [1.807, 2.05) is 23.2 Å². The molecule has 0 aliphatic carbocycles. The van der Waals surface area contributed by atoms with Gasteiger partial charge in [0.2, 0.25) is 5.91 Å². The minimum atomic E-state index is -0.307. The van der Waals surface area contributed by atoms with Crippen molar-refractivity contribution in [2.45, 2.75) is 18.9 Å². The molecule has 0 bridgehead atoms. The zero-order chi connectivity index (χ0) is 14.4. The highest BCUT2D eigenvalue weighted by molar-refractivity contribution is 6.09. The van der Waals surface area contributed by atoms with E-state index in [4.69, 9.17) is 5.73 Å². The lowest BCUT2D eigenvalue weighted by Crippen LogP contribution is -2.40. The summed E-state index contributed by atoms with van der Waals surface area (Å²) in [5.74, 6) is 0.451. The number of rotatable bonds is 2. The van der Waals surface area contributed by atoms with Gasteiger partial charge in [-0.3, -0.25) is 4.79 Å². The van der Waals surface area contributed by atoms with Gasteiger partial charge in [-0.05, 0) is 25.0 Å². The van der Waals surface area contributed by atoms with Crippen molar-refractivity contribution in [3.8, 4) is 0 Å². The highest BCUT2D eigenvalue weighted by Gasteiger charge is 2.31. The van der Waals surface area contributed by atoms with Crippen molar-refractivity contribution in [3.05, 3.63) is 24.5 Å². The maximum absolute atomic E-state index is 11.7. The molecule has 0 radical (unpaired) electrons. The van der Waals surface area contributed by atoms with Crippen LogP contribution in [0.4, 0.5) is 5.82 Å². The second-order valence-corrected chi connectivity index (χ2v) is 5.22. The molecule has 1 fully saturated rings. The molecule has 1 saturated heterocycles. The van der Waals surface area contributed by atoms with Crippen LogP contribution in [-0.2, 0) is 4.79 Å². The minimum Gasteiger partial charge on any atom is -0.368 e. The van der Waals surface area contributed by atoms with E-state index in [0.717, 1.165) is 41.5 Å². The Kier molecular flexibility index (Phi) is 2.53. The molecule has 0 spiro atoms. The molecule has 4 rings (SSSR count). The van der Waals surface area contributed by atoms with Crippen LogP contribution in [0.3, 0.4) is 0 Å². The first-order valence-electron chi connectivity index (χ1n) is 6.90. The van der Waals surface area contributed by atoms with Crippen molar-refractivity contribution in [3.63, 3.8) is 0 Å². The summed E-state index contributed by atoms with van der Waals surface area (Å²) in [5.41, 5.74) is 7.00. The summed E-state index contributed by atoms with van der Waals surface area (Å²) in [7, 11) is 0. The van der Waals surface area contributed by atoms with Crippen molar-refractivity contribution >= 4 is 33.7 Å². The average Bonchev–Trinajstić information content (AvgIpc) is 3.15. The first-order chi connectivity index (χ1) is 10.3. The van der Waals surface area contributed by atoms with E-state index in [-0.39, 0.29) is 11.9 Å². The molecule has 1 amide bonds. The van der Waals surface area contributed by atoms with Crippen LogP contribution in [0.1, 0.15) is 12.8 Å². The number of nitrogens with zero attached hydrogens (tertiary/aromatic N) is 4. The lowest BCUT2D eigenvalue weighted by atomic mass is 10.1. The molecule has 4 heterocycles. The Morgan fingerprint density at radius 2 is 2.29 bits per heavy atom. The second-order valence-electron chi connectivity index (χ2n) is 5.22. The highest BCUT2D eigenvalue weighted by atomic mass is 16.1. The van der Waals surface area contributed by atoms with Crippen molar-refractivity contribution < 1.29 is 4.79 Å². The van der Waals surface area contributed by atoms with Gasteiger partial charge in [0.15, 0.2) is 5.65 Å². The van der Waals surface area contributed by atoms with E-state index in [0.29, 0.717) is 5.65 Å². The van der Waals surface area contributed by atoms with Crippen LogP contribution in [0.25, 0.3) is 21.9 Å². The molecule has 1 unspecified atom stereocenters. The number of carbonyl (C=O) groups excluding carboxylic acids is 1. The monoisotopic (exact) mass is 282 g/mol. The first kappa shape index (κ1) is 12.1. The topological polar surface area (TPSA) is 101 Å². The van der Waals surface area contributed by atoms with Crippen LogP contribution >= 0.6 is 0 Å². The third-order valence-corrected chi connectivity index (χ3v) is 4.01. The van der Waals surface area contributed by atoms with Gasteiger partial charge in [-0.25, -0.2) is 4.98 Å². The van der Waals surface area contributed by atoms with Crippen LogP contribution in [0, 0.1) is 0 Å². The third-order valence-electron chi connectivity index (χ3n) is 4.01. The summed E-state index contributed by atoms with van der Waals surface area (Å²) in [6.45, 7) is 0.772. The number of primary amides is 1. The second kappa shape index (κ2) is 4.41. The summed E-state index contributed by atoms with van der Waals surface area (Å²) in [4.78, 5) is 21.2. The number of anilines is 1. The number of nitrogens with two attached hydrogens (primary N) is 1. The van der Waals surface area contributed by atoms with Gasteiger partial charge in [-0.2, -0.15) is 0 Å². The quantitative estimate of drug-likeness (QED) is 0.729. The summed E-state index contributed by atoms with van der Waals surface area (Å²) in [5, 5.41) is 10.2. The molecular formula is C14H14N6O. The van der Waals surface area contributed by atoms with Crippen molar-refractivity contribution in [2.24, 2.45) is 5.73 Å². The van der Waals surface area contributed by atoms with Gasteiger partial charge in [-0.15, -0.1) is 10.2 Å². The zero-order valence-electron chi connectivity index (χ0n) is 11.3. The van der Waals surface area contributed by atoms with Gasteiger partial charge in [0.1, 0.15) is 11.9 Å². The number of fused-ring (bicyclic) bond motifs is 3. The van der Waals surface area contributed by atoms with Gasteiger partial charge in [-0.1, -0.05) is 0 Å². The molecule has 3 aromatic rings. The van der Waals surface area contributed by atoms with E-state index in [1.54, 1.807) is 6.20 Å². The molecule has 0 aromatic carbocycles. The number of aromatic nitrogens is 4. The fourth-order valence-electron chi connectivity index (χ4n) is 3.07. The molecule has 3 N–H and O–H groups in total. The Morgan fingerprint density at radius 3 is 3.14 bits per heavy atom. The maximum Gasteiger partial charge on any atom is 0.240 e. The minimum absolute atomic E-state index is 0.301. The molecular weight excluding hydrogens is 268 g/mol. The summed E-state index contributed by atoms with van der Waals surface area (Å²) in [6.07, 6.45) is 5.22.